The molecule has 3 N–H and O–H groups in total. The summed E-state index contributed by atoms with van der Waals surface area (Å²) in [5, 5.41) is 8.85. The Balaban J connectivity index is 2.63. The van der Waals surface area contributed by atoms with Crippen molar-refractivity contribution in [3.05, 3.63) is 42.1 Å². The summed E-state index contributed by atoms with van der Waals surface area (Å²) in [6.07, 6.45) is 2.93. The van der Waals surface area contributed by atoms with Gasteiger partial charge in [-0.1, -0.05) is 0 Å². The Bertz CT molecular complexity index is 572. The number of rotatable bonds is 2. The molecule has 0 radical (unpaired) electrons. The highest BCUT2D eigenvalue weighted by Crippen LogP contribution is 2.23. The topological polar surface area (TPSA) is 89.1 Å². The lowest BCUT2D eigenvalue weighted by Crippen LogP contribution is -2.08. The van der Waals surface area contributed by atoms with Gasteiger partial charge in [0.05, 0.1) is 5.69 Å². The average Bonchev–Trinajstić information content (AvgIpc) is 2.29. The van der Waals surface area contributed by atoms with Gasteiger partial charge < -0.3 is 10.8 Å². The van der Waals surface area contributed by atoms with Crippen molar-refractivity contribution in [2.24, 2.45) is 0 Å². The van der Waals surface area contributed by atoms with Gasteiger partial charge in [-0.15, -0.1) is 0 Å². The second-order valence-electron chi connectivity index (χ2n) is 3.30. The van der Waals surface area contributed by atoms with Crippen LogP contribution in [0.4, 0.5) is 10.1 Å². The summed E-state index contributed by atoms with van der Waals surface area (Å²) in [4.78, 5) is 18.3. The van der Waals surface area contributed by atoms with Gasteiger partial charge in [0, 0.05) is 24.0 Å². The minimum atomic E-state index is -1.29. The highest BCUT2D eigenvalue weighted by Gasteiger charge is 2.16. The van der Waals surface area contributed by atoms with Crippen molar-refractivity contribution in [3.8, 4) is 11.3 Å². The summed E-state index contributed by atoms with van der Waals surface area (Å²) in [6.45, 7) is 0. The first kappa shape index (κ1) is 11.0. The quantitative estimate of drug-likeness (QED) is 0.821. The van der Waals surface area contributed by atoms with Crippen molar-refractivity contribution in [3.63, 3.8) is 0 Å². The normalized spacial score (nSPS) is 10.2. The molecule has 0 aliphatic rings. The molecule has 0 unspecified atom stereocenters. The summed E-state index contributed by atoms with van der Waals surface area (Å²) in [7, 11) is 0. The van der Waals surface area contributed by atoms with Gasteiger partial charge in [-0.3, -0.25) is 4.98 Å². The van der Waals surface area contributed by atoms with Gasteiger partial charge in [0.2, 0.25) is 0 Å². The van der Waals surface area contributed by atoms with Crippen molar-refractivity contribution in [2.45, 2.75) is 0 Å². The van der Waals surface area contributed by atoms with E-state index in [0.717, 1.165) is 6.07 Å². The minimum absolute atomic E-state index is 0.0565. The standard InChI is InChI=1S/C11H8FN3O2/c12-7-5-8(13)10(11(16)17)15-9(7)6-1-3-14-4-2-6/h1-5H,13H2,(H,16,17). The van der Waals surface area contributed by atoms with E-state index in [0.29, 0.717) is 5.56 Å². The molecule has 0 amide bonds. The molecule has 2 aromatic rings. The van der Waals surface area contributed by atoms with Crippen LogP contribution in [0.1, 0.15) is 10.5 Å². The van der Waals surface area contributed by atoms with E-state index in [1.165, 1.54) is 24.5 Å². The van der Waals surface area contributed by atoms with Gasteiger partial charge in [-0.2, -0.15) is 0 Å². The van der Waals surface area contributed by atoms with E-state index in [1.807, 2.05) is 0 Å². The Morgan fingerprint density at radius 1 is 1.35 bits per heavy atom. The third kappa shape index (κ3) is 2.05. The van der Waals surface area contributed by atoms with Crippen molar-refractivity contribution >= 4 is 11.7 Å². The zero-order chi connectivity index (χ0) is 12.4. The van der Waals surface area contributed by atoms with Crippen LogP contribution in [0.15, 0.2) is 30.6 Å². The van der Waals surface area contributed by atoms with Crippen LogP contribution in [0.25, 0.3) is 11.3 Å². The second kappa shape index (κ2) is 4.17. The first-order valence-corrected chi connectivity index (χ1v) is 4.69. The highest BCUT2D eigenvalue weighted by molar-refractivity contribution is 5.92. The monoisotopic (exact) mass is 233 g/mol. The molecule has 2 rings (SSSR count). The first-order chi connectivity index (χ1) is 8.09. The maximum Gasteiger partial charge on any atom is 0.356 e. The van der Waals surface area contributed by atoms with Crippen LogP contribution in [0.5, 0.6) is 0 Å². The van der Waals surface area contributed by atoms with E-state index in [4.69, 9.17) is 10.8 Å². The maximum absolute atomic E-state index is 13.6. The minimum Gasteiger partial charge on any atom is -0.476 e. The lowest BCUT2D eigenvalue weighted by molar-refractivity contribution is 0.0692. The Labute approximate surface area is 95.8 Å². The molecule has 2 aromatic heterocycles. The van der Waals surface area contributed by atoms with Crippen molar-refractivity contribution in [1.82, 2.24) is 9.97 Å². The number of aromatic carboxylic acids is 1. The van der Waals surface area contributed by atoms with Crippen molar-refractivity contribution in [1.29, 1.82) is 0 Å². The summed E-state index contributed by atoms with van der Waals surface area (Å²) in [5.41, 5.74) is 5.20. The number of carboxylic acid groups (broad SMARTS) is 1. The molecule has 0 bridgehead atoms. The summed E-state index contributed by atoms with van der Waals surface area (Å²) < 4.78 is 13.6. The van der Waals surface area contributed by atoms with E-state index >= 15 is 0 Å². The van der Waals surface area contributed by atoms with Gasteiger partial charge in [0.25, 0.3) is 0 Å². The lowest BCUT2D eigenvalue weighted by atomic mass is 10.1. The molecule has 6 heteroatoms. The molecule has 0 aliphatic heterocycles. The summed E-state index contributed by atoms with van der Waals surface area (Å²) in [5.74, 6) is -1.96. The van der Waals surface area contributed by atoms with Gasteiger partial charge in [0.15, 0.2) is 11.5 Å². The smallest absolute Gasteiger partial charge is 0.356 e. The van der Waals surface area contributed by atoms with Crippen molar-refractivity contribution < 1.29 is 14.3 Å². The predicted octanol–water partition coefficient (Wildman–Crippen LogP) is 1.56. The van der Waals surface area contributed by atoms with E-state index in [-0.39, 0.29) is 17.1 Å². The number of nitrogens with zero attached hydrogens (tertiary/aromatic N) is 2. The number of hydrogen-bond donors (Lipinski definition) is 2. The molecule has 0 atom stereocenters. The van der Waals surface area contributed by atoms with E-state index in [1.54, 1.807) is 0 Å². The Kier molecular flexibility index (Phi) is 2.70. The number of anilines is 1. The highest BCUT2D eigenvalue weighted by atomic mass is 19.1. The van der Waals surface area contributed by atoms with Crippen LogP contribution in [0.3, 0.4) is 0 Å². The van der Waals surface area contributed by atoms with Crippen LogP contribution in [-0.2, 0) is 0 Å². The van der Waals surface area contributed by atoms with Crippen LogP contribution in [0.2, 0.25) is 0 Å². The number of halogens is 1. The molecule has 0 aromatic carbocycles. The number of aromatic nitrogens is 2. The van der Waals surface area contributed by atoms with Crippen LogP contribution in [-0.4, -0.2) is 21.0 Å². The van der Waals surface area contributed by atoms with Crippen molar-refractivity contribution in [2.75, 3.05) is 5.73 Å². The zero-order valence-electron chi connectivity index (χ0n) is 8.59. The number of hydrogen-bond acceptors (Lipinski definition) is 4. The zero-order valence-corrected chi connectivity index (χ0v) is 8.59. The molecular weight excluding hydrogens is 225 g/mol. The number of pyridine rings is 2. The van der Waals surface area contributed by atoms with Gasteiger partial charge >= 0.3 is 5.97 Å². The van der Waals surface area contributed by atoms with Gasteiger partial charge in [0.1, 0.15) is 5.69 Å². The van der Waals surface area contributed by atoms with Gasteiger partial charge in [-0.05, 0) is 12.1 Å². The Morgan fingerprint density at radius 2 is 2.00 bits per heavy atom. The fraction of sp³-hybridized carbons (Fsp3) is 0. The van der Waals surface area contributed by atoms with E-state index < -0.39 is 11.8 Å². The molecule has 86 valence electrons. The molecule has 0 saturated heterocycles. The third-order valence-corrected chi connectivity index (χ3v) is 2.16. The second-order valence-corrected chi connectivity index (χ2v) is 3.30. The first-order valence-electron chi connectivity index (χ1n) is 4.69. The number of nitrogen functional groups attached to an aromatic ring is 1. The molecular formula is C11H8FN3O2. The average molecular weight is 233 g/mol. The third-order valence-electron chi connectivity index (χ3n) is 2.16. The molecule has 0 fully saturated rings. The SMILES string of the molecule is Nc1cc(F)c(-c2ccncc2)nc1C(=O)O. The van der Waals surface area contributed by atoms with Crippen LogP contribution < -0.4 is 5.73 Å². The molecule has 0 saturated carbocycles. The summed E-state index contributed by atoms with van der Waals surface area (Å²) in [6, 6.07) is 4.02. The van der Waals surface area contributed by atoms with Crippen LogP contribution >= 0.6 is 0 Å². The molecule has 0 aliphatic carbocycles. The Morgan fingerprint density at radius 3 is 2.59 bits per heavy atom. The van der Waals surface area contributed by atoms with Crippen LogP contribution in [0, 0.1) is 5.82 Å². The fourth-order valence-electron chi connectivity index (χ4n) is 1.39. The summed E-state index contributed by atoms with van der Waals surface area (Å²) >= 11 is 0. The Hall–Kier alpha value is -2.50. The fourth-order valence-corrected chi connectivity index (χ4v) is 1.39. The number of carboxylic acids is 1. The van der Waals surface area contributed by atoms with E-state index in [2.05, 4.69) is 9.97 Å². The largest absolute Gasteiger partial charge is 0.476 e. The predicted molar refractivity (Wildman–Crippen MR) is 58.8 cm³/mol. The molecule has 5 nitrogen and oxygen atoms in total. The lowest BCUT2D eigenvalue weighted by Gasteiger charge is -2.06. The maximum atomic E-state index is 13.6. The van der Waals surface area contributed by atoms with E-state index in [9.17, 15) is 9.18 Å². The van der Waals surface area contributed by atoms with Gasteiger partial charge in [-0.25, -0.2) is 14.2 Å². The molecule has 2 heterocycles. The molecule has 0 spiro atoms. The number of carbonyl (C=O) groups is 1. The molecule has 17 heavy (non-hydrogen) atoms. The number of nitrogens with two attached hydrogens (primary N) is 1.